The minimum atomic E-state index is -0.308. The van der Waals surface area contributed by atoms with E-state index in [9.17, 15) is 14.0 Å². The highest BCUT2D eigenvalue weighted by molar-refractivity contribution is 9.10. The third-order valence-electron chi connectivity index (χ3n) is 5.41. The van der Waals surface area contributed by atoms with Crippen molar-refractivity contribution in [1.29, 1.82) is 0 Å². The van der Waals surface area contributed by atoms with E-state index < -0.39 is 0 Å². The maximum absolute atomic E-state index is 13.1. The molecule has 0 bridgehead atoms. The smallest absolute Gasteiger partial charge is 0.293 e. The number of methoxy groups -OCH3 is 1. The molecule has 3 aromatic carbocycles. The Bertz CT molecular complexity index is 1250. The number of carbonyl (C=O) groups excluding carboxylic acids is 2. The van der Waals surface area contributed by atoms with Gasteiger partial charge in [-0.15, -0.1) is 0 Å². The van der Waals surface area contributed by atoms with Gasteiger partial charge in [-0.05, 0) is 87.6 Å². The standard InChI is InChI=1S/C27H23BrFNO4S/c1-33-23-15-20(14-22(28)25(23)34-17-19-9-11-21(29)12-10-19)16-24-26(31)30(27(32)35-24)13-5-8-18-6-3-2-4-7-18/h2-4,6-7,9-12,14-16H,5,8,13,17H2,1H3/b24-16+. The van der Waals surface area contributed by atoms with Gasteiger partial charge in [0.2, 0.25) is 0 Å². The average Bonchev–Trinajstić information content (AvgIpc) is 3.12. The van der Waals surface area contributed by atoms with Crippen molar-refractivity contribution >= 4 is 44.9 Å². The second-order valence-electron chi connectivity index (χ2n) is 7.87. The number of ether oxygens (including phenoxy) is 2. The number of aryl methyl sites for hydroxylation is 1. The van der Waals surface area contributed by atoms with Crippen LogP contribution in [0, 0.1) is 5.82 Å². The number of rotatable bonds is 9. The molecule has 0 aliphatic carbocycles. The number of imide groups is 1. The van der Waals surface area contributed by atoms with Crippen molar-refractivity contribution in [1.82, 2.24) is 4.90 Å². The summed E-state index contributed by atoms with van der Waals surface area (Å²) >= 11 is 4.44. The summed E-state index contributed by atoms with van der Waals surface area (Å²) in [7, 11) is 1.52. The Morgan fingerprint density at radius 1 is 1.03 bits per heavy atom. The monoisotopic (exact) mass is 555 g/mol. The third-order valence-corrected chi connectivity index (χ3v) is 6.91. The number of halogens is 2. The van der Waals surface area contributed by atoms with Gasteiger partial charge in [-0.1, -0.05) is 42.5 Å². The summed E-state index contributed by atoms with van der Waals surface area (Å²) in [6, 6.07) is 19.6. The first-order valence-corrected chi connectivity index (χ1v) is 12.6. The van der Waals surface area contributed by atoms with Gasteiger partial charge in [-0.2, -0.15) is 0 Å². The highest BCUT2D eigenvalue weighted by Crippen LogP contribution is 2.39. The highest BCUT2D eigenvalue weighted by atomic mass is 79.9. The zero-order chi connectivity index (χ0) is 24.8. The summed E-state index contributed by atoms with van der Waals surface area (Å²) in [5.41, 5.74) is 2.68. The first-order chi connectivity index (χ1) is 16.9. The van der Waals surface area contributed by atoms with Crippen LogP contribution in [0.5, 0.6) is 11.5 Å². The number of amides is 2. The van der Waals surface area contributed by atoms with Crippen LogP contribution in [0.4, 0.5) is 9.18 Å². The minimum absolute atomic E-state index is 0.233. The number of hydrogen-bond acceptors (Lipinski definition) is 5. The van der Waals surface area contributed by atoms with Crippen molar-refractivity contribution in [3.05, 3.63) is 98.6 Å². The van der Waals surface area contributed by atoms with E-state index >= 15 is 0 Å². The summed E-state index contributed by atoms with van der Waals surface area (Å²) in [5, 5.41) is -0.264. The lowest BCUT2D eigenvalue weighted by Gasteiger charge is -2.14. The van der Waals surface area contributed by atoms with Crippen LogP contribution in [0.3, 0.4) is 0 Å². The summed E-state index contributed by atoms with van der Waals surface area (Å²) in [6.45, 7) is 0.608. The fourth-order valence-electron chi connectivity index (χ4n) is 3.63. The van der Waals surface area contributed by atoms with Gasteiger partial charge in [-0.3, -0.25) is 14.5 Å². The van der Waals surface area contributed by atoms with Crippen LogP contribution in [-0.2, 0) is 17.8 Å². The molecule has 0 unspecified atom stereocenters. The molecule has 1 heterocycles. The van der Waals surface area contributed by atoms with Gasteiger partial charge in [0, 0.05) is 6.54 Å². The predicted molar refractivity (Wildman–Crippen MR) is 139 cm³/mol. The SMILES string of the molecule is COc1cc(/C=C2/SC(=O)N(CCCc3ccccc3)C2=O)cc(Br)c1OCc1ccc(F)cc1. The van der Waals surface area contributed by atoms with Crippen LogP contribution in [0.15, 0.2) is 76.1 Å². The molecule has 0 atom stereocenters. The minimum Gasteiger partial charge on any atom is -0.493 e. The molecule has 0 aromatic heterocycles. The lowest BCUT2D eigenvalue weighted by molar-refractivity contribution is -0.122. The van der Waals surface area contributed by atoms with Crippen LogP contribution in [0.25, 0.3) is 6.08 Å². The second-order valence-corrected chi connectivity index (χ2v) is 9.72. The number of benzene rings is 3. The Morgan fingerprint density at radius 3 is 2.49 bits per heavy atom. The molecule has 1 aliphatic heterocycles. The summed E-state index contributed by atoms with van der Waals surface area (Å²) in [6.07, 6.45) is 3.18. The Kier molecular flexibility index (Phi) is 8.25. The van der Waals surface area contributed by atoms with E-state index in [0.717, 1.165) is 23.7 Å². The molecule has 0 spiro atoms. The lowest BCUT2D eigenvalue weighted by Crippen LogP contribution is -2.29. The molecule has 8 heteroatoms. The van der Waals surface area contributed by atoms with E-state index in [1.165, 1.54) is 29.7 Å². The van der Waals surface area contributed by atoms with Gasteiger partial charge in [0.05, 0.1) is 16.5 Å². The molecule has 5 nitrogen and oxygen atoms in total. The fourth-order valence-corrected chi connectivity index (χ4v) is 5.07. The maximum atomic E-state index is 13.1. The quantitative estimate of drug-likeness (QED) is 0.270. The Balaban J connectivity index is 1.44. The molecule has 0 radical (unpaired) electrons. The number of nitrogens with zero attached hydrogens (tertiary/aromatic N) is 1. The van der Waals surface area contributed by atoms with Crippen molar-refractivity contribution in [2.45, 2.75) is 19.4 Å². The lowest BCUT2D eigenvalue weighted by atomic mass is 10.1. The topological polar surface area (TPSA) is 55.8 Å². The largest absolute Gasteiger partial charge is 0.493 e. The fraction of sp³-hybridized carbons (Fsp3) is 0.185. The van der Waals surface area contributed by atoms with Crippen molar-refractivity contribution < 1.29 is 23.5 Å². The molecule has 1 saturated heterocycles. The van der Waals surface area contributed by atoms with Crippen LogP contribution in [-0.4, -0.2) is 29.7 Å². The molecule has 35 heavy (non-hydrogen) atoms. The molecule has 0 saturated carbocycles. The normalized spacial score (nSPS) is 14.6. The van der Waals surface area contributed by atoms with Gasteiger partial charge in [0.1, 0.15) is 12.4 Å². The van der Waals surface area contributed by atoms with Gasteiger partial charge in [0.15, 0.2) is 11.5 Å². The molecular formula is C27H23BrFNO4S. The van der Waals surface area contributed by atoms with Gasteiger partial charge in [0.25, 0.3) is 11.1 Å². The molecule has 1 aliphatic rings. The van der Waals surface area contributed by atoms with E-state index in [1.807, 2.05) is 30.3 Å². The van der Waals surface area contributed by atoms with Crippen molar-refractivity contribution in [3.8, 4) is 11.5 Å². The summed E-state index contributed by atoms with van der Waals surface area (Å²) in [4.78, 5) is 27.0. The van der Waals surface area contributed by atoms with Gasteiger partial charge in [-0.25, -0.2) is 4.39 Å². The van der Waals surface area contributed by atoms with Gasteiger partial charge < -0.3 is 9.47 Å². The first kappa shape index (κ1) is 25.0. The summed E-state index contributed by atoms with van der Waals surface area (Å²) < 4.78 is 25.1. The average molecular weight is 556 g/mol. The second kappa shape index (κ2) is 11.6. The van der Waals surface area contributed by atoms with Crippen LogP contribution in [0.1, 0.15) is 23.1 Å². The van der Waals surface area contributed by atoms with E-state index in [0.29, 0.717) is 39.4 Å². The van der Waals surface area contributed by atoms with E-state index in [1.54, 1.807) is 30.3 Å². The Hall–Kier alpha value is -3.10. The summed E-state index contributed by atoms with van der Waals surface area (Å²) in [5.74, 6) is 0.357. The molecule has 4 rings (SSSR count). The third kappa shape index (κ3) is 6.32. The Labute approximate surface area is 216 Å². The number of carbonyl (C=O) groups is 2. The molecular weight excluding hydrogens is 533 g/mol. The van der Waals surface area contributed by atoms with Gasteiger partial charge >= 0.3 is 0 Å². The van der Waals surface area contributed by atoms with E-state index in [4.69, 9.17) is 9.47 Å². The molecule has 0 N–H and O–H groups in total. The number of thioether (sulfide) groups is 1. The Morgan fingerprint density at radius 2 is 1.77 bits per heavy atom. The predicted octanol–water partition coefficient (Wildman–Crippen LogP) is 6.84. The molecule has 3 aromatic rings. The first-order valence-electron chi connectivity index (χ1n) is 11.0. The van der Waals surface area contributed by atoms with E-state index in [2.05, 4.69) is 15.9 Å². The van der Waals surface area contributed by atoms with Crippen LogP contribution < -0.4 is 9.47 Å². The van der Waals surface area contributed by atoms with E-state index in [-0.39, 0.29) is 23.6 Å². The zero-order valence-electron chi connectivity index (χ0n) is 19.0. The zero-order valence-corrected chi connectivity index (χ0v) is 21.4. The molecule has 2 amide bonds. The van der Waals surface area contributed by atoms with Crippen LogP contribution in [0.2, 0.25) is 0 Å². The highest BCUT2D eigenvalue weighted by Gasteiger charge is 2.34. The number of hydrogen-bond donors (Lipinski definition) is 0. The maximum Gasteiger partial charge on any atom is 0.293 e. The van der Waals surface area contributed by atoms with Crippen molar-refractivity contribution in [2.24, 2.45) is 0 Å². The molecule has 1 fully saturated rings. The van der Waals surface area contributed by atoms with Crippen LogP contribution >= 0.6 is 27.7 Å². The molecule has 180 valence electrons. The van der Waals surface area contributed by atoms with Crippen molar-refractivity contribution in [3.63, 3.8) is 0 Å². The van der Waals surface area contributed by atoms with Crippen molar-refractivity contribution in [2.75, 3.05) is 13.7 Å².